The summed E-state index contributed by atoms with van der Waals surface area (Å²) in [6.07, 6.45) is 2.41. The molecular weight excluding hydrogens is 500 g/mol. The highest BCUT2D eigenvalue weighted by molar-refractivity contribution is 7.89. The maximum absolute atomic E-state index is 13.3. The number of imide groups is 1. The van der Waals surface area contributed by atoms with E-state index in [4.69, 9.17) is 9.47 Å². The van der Waals surface area contributed by atoms with Gasteiger partial charge in [0.25, 0.3) is 5.91 Å². The van der Waals surface area contributed by atoms with Crippen LogP contribution in [0.2, 0.25) is 0 Å². The first-order valence-corrected chi connectivity index (χ1v) is 13.6. The Morgan fingerprint density at radius 3 is 2.38 bits per heavy atom. The van der Waals surface area contributed by atoms with E-state index in [2.05, 4.69) is 10.6 Å². The summed E-state index contributed by atoms with van der Waals surface area (Å²) < 4.78 is 38.1. The number of carbonyl (C=O) groups is 3. The Kier molecular flexibility index (Phi) is 6.54. The number of amides is 4. The quantitative estimate of drug-likeness (QED) is 0.548. The van der Waals surface area contributed by atoms with Gasteiger partial charge in [0, 0.05) is 25.2 Å². The molecule has 5 rings (SSSR count). The molecule has 3 aliphatic heterocycles. The fraction of sp³-hybridized carbons (Fsp3) is 0.400. The summed E-state index contributed by atoms with van der Waals surface area (Å²) >= 11 is 0. The van der Waals surface area contributed by atoms with Crippen molar-refractivity contribution in [3.63, 3.8) is 0 Å². The molecule has 2 aromatic rings. The van der Waals surface area contributed by atoms with Gasteiger partial charge in [-0.25, -0.2) is 13.2 Å². The van der Waals surface area contributed by atoms with Crippen LogP contribution in [0.3, 0.4) is 0 Å². The standard InChI is InChI=1S/C25H28N4O7S/c1-25(17-5-10-20-21(15-17)36-14-4-13-35-20)23(31)29(24(32)27-25)16-22(30)26-18-6-8-19(9-7-18)37(33,34)28-11-2-3-12-28/h5-10,15H,2-4,11-14,16H2,1H3,(H,26,30)(H,27,32)/t25-/m1/s1. The van der Waals surface area contributed by atoms with Gasteiger partial charge in [0.15, 0.2) is 11.5 Å². The third kappa shape index (κ3) is 4.74. The molecule has 0 spiro atoms. The number of hydrogen-bond acceptors (Lipinski definition) is 7. The number of urea groups is 1. The zero-order chi connectivity index (χ0) is 26.2. The SMILES string of the molecule is C[C@]1(c2ccc3c(c2)OCCCO3)NC(=O)N(CC(=O)Nc2ccc(S(=O)(=O)N3CCCC3)cc2)C1=O. The highest BCUT2D eigenvalue weighted by Gasteiger charge is 2.49. The molecule has 0 unspecified atom stereocenters. The van der Waals surface area contributed by atoms with Crippen molar-refractivity contribution in [2.75, 3.05) is 38.2 Å². The number of nitrogens with zero attached hydrogens (tertiary/aromatic N) is 2. The van der Waals surface area contributed by atoms with E-state index in [1.807, 2.05) is 0 Å². The summed E-state index contributed by atoms with van der Waals surface area (Å²) in [4.78, 5) is 39.6. The molecule has 0 saturated carbocycles. The Morgan fingerprint density at radius 1 is 1.00 bits per heavy atom. The van der Waals surface area contributed by atoms with Crippen LogP contribution < -0.4 is 20.1 Å². The van der Waals surface area contributed by atoms with E-state index in [1.165, 1.54) is 28.6 Å². The van der Waals surface area contributed by atoms with Crippen molar-refractivity contribution in [2.45, 2.75) is 36.6 Å². The number of fused-ring (bicyclic) bond motifs is 1. The van der Waals surface area contributed by atoms with Gasteiger partial charge in [0.2, 0.25) is 15.9 Å². The second-order valence-electron chi connectivity index (χ2n) is 9.34. The topological polar surface area (TPSA) is 134 Å². The molecule has 3 aliphatic rings. The van der Waals surface area contributed by atoms with Crippen molar-refractivity contribution >= 4 is 33.6 Å². The molecule has 1 atom stereocenters. The second kappa shape index (κ2) is 9.67. The van der Waals surface area contributed by atoms with E-state index >= 15 is 0 Å². The zero-order valence-electron chi connectivity index (χ0n) is 20.4. The second-order valence-corrected chi connectivity index (χ2v) is 11.3. The van der Waals surface area contributed by atoms with Crippen LogP contribution in [0.25, 0.3) is 0 Å². The Hall–Kier alpha value is -3.64. The Labute approximate surface area is 214 Å². The molecule has 0 radical (unpaired) electrons. The largest absolute Gasteiger partial charge is 0.490 e. The number of sulfonamides is 1. The van der Waals surface area contributed by atoms with Crippen molar-refractivity contribution in [2.24, 2.45) is 0 Å². The fourth-order valence-electron chi connectivity index (χ4n) is 4.64. The number of rotatable bonds is 6. The zero-order valence-corrected chi connectivity index (χ0v) is 21.2. The van der Waals surface area contributed by atoms with Crippen LogP contribution in [-0.2, 0) is 25.2 Å². The van der Waals surface area contributed by atoms with Gasteiger partial charge in [-0.05, 0) is 61.7 Å². The lowest BCUT2D eigenvalue weighted by Gasteiger charge is -2.23. The summed E-state index contributed by atoms with van der Waals surface area (Å²) in [5.41, 5.74) is -0.524. The van der Waals surface area contributed by atoms with Crippen LogP contribution in [0.1, 0.15) is 31.7 Å². The number of benzene rings is 2. The minimum atomic E-state index is -3.57. The Morgan fingerprint density at radius 2 is 1.68 bits per heavy atom. The maximum Gasteiger partial charge on any atom is 0.325 e. The maximum atomic E-state index is 13.3. The average molecular weight is 529 g/mol. The van der Waals surface area contributed by atoms with E-state index in [1.54, 1.807) is 25.1 Å². The third-order valence-corrected chi connectivity index (χ3v) is 8.66. The molecule has 4 amide bonds. The normalized spacial score (nSPS) is 22.0. The monoisotopic (exact) mass is 528 g/mol. The number of nitrogens with one attached hydrogen (secondary N) is 2. The summed E-state index contributed by atoms with van der Waals surface area (Å²) in [6, 6.07) is 10.2. The number of hydrogen-bond donors (Lipinski definition) is 2. The predicted molar refractivity (Wildman–Crippen MR) is 133 cm³/mol. The lowest BCUT2D eigenvalue weighted by molar-refractivity contribution is -0.133. The van der Waals surface area contributed by atoms with Gasteiger partial charge in [-0.3, -0.25) is 14.5 Å². The van der Waals surface area contributed by atoms with Crippen LogP contribution in [0.15, 0.2) is 47.4 Å². The van der Waals surface area contributed by atoms with E-state index in [0.717, 1.165) is 24.2 Å². The first kappa shape index (κ1) is 25.0. The van der Waals surface area contributed by atoms with E-state index in [0.29, 0.717) is 49.1 Å². The highest BCUT2D eigenvalue weighted by atomic mass is 32.2. The van der Waals surface area contributed by atoms with Crippen LogP contribution in [0.4, 0.5) is 10.5 Å². The van der Waals surface area contributed by atoms with Crippen LogP contribution in [0, 0.1) is 0 Å². The molecule has 0 aliphatic carbocycles. The summed E-state index contributed by atoms with van der Waals surface area (Å²) in [7, 11) is -3.57. The molecule has 12 heteroatoms. The lowest BCUT2D eigenvalue weighted by atomic mass is 9.91. The molecule has 2 aromatic carbocycles. The minimum Gasteiger partial charge on any atom is -0.490 e. The van der Waals surface area contributed by atoms with Crippen LogP contribution >= 0.6 is 0 Å². The van der Waals surface area contributed by atoms with E-state index < -0.39 is 40.0 Å². The van der Waals surface area contributed by atoms with Crippen molar-refractivity contribution < 1.29 is 32.3 Å². The van der Waals surface area contributed by atoms with Crippen molar-refractivity contribution in [3.8, 4) is 11.5 Å². The summed E-state index contributed by atoms with van der Waals surface area (Å²) in [5, 5.41) is 5.29. The molecule has 0 aromatic heterocycles. The van der Waals surface area contributed by atoms with E-state index in [-0.39, 0.29) is 4.90 Å². The lowest BCUT2D eigenvalue weighted by Crippen LogP contribution is -2.42. The number of ether oxygens (including phenoxy) is 2. The number of anilines is 1. The first-order chi connectivity index (χ1) is 17.7. The first-order valence-electron chi connectivity index (χ1n) is 12.1. The number of carbonyl (C=O) groups excluding carboxylic acids is 3. The molecule has 2 fully saturated rings. The Balaban J connectivity index is 1.25. The fourth-order valence-corrected chi connectivity index (χ4v) is 6.16. The smallest absolute Gasteiger partial charge is 0.325 e. The molecule has 2 saturated heterocycles. The van der Waals surface area contributed by atoms with Crippen LogP contribution in [-0.4, -0.2) is 68.3 Å². The van der Waals surface area contributed by atoms with E-state index in [9.17, 15) is 22.8 Å². The van der Waals surface area contributed by atoms with Gasteiger partial charge in [0.05, 0.1) is 18.1 Å². The molecule has 0 bridgehead atoms. The molecule has 3 heterocycles. The highest BCUT2D eigenvalue weighted by Crippen LogP contribution is 2.36. The van der Waals surface area contributed by atoms with Gasteiger partial charge in [-0.2, -0.15) is 4.31 Å². The minimum absolute atomic E-state index is 0.146. The van der Waals surface area contributed by atoms with Gasteiger partial charge in [0.1, 0.15) is 12.1 Å². The molecule has 11 nitrogen and oxygen atoms in total. The van der Waals surface area contributed by atoms with Gasteiger partial charge in [-0.1, -0.05) is 6.07 Å². The van der Waals surface area contributed by atoms with Crippen molar-refractivity contribution in [1.29, 1.82) is 0 Å². The molecule has 196 valence electrons. The van der Waals surface area contributed by atoms with Gasteiger partial charge < -0.3 is 20.1 Å². The third-order valence-electron chi connectivity index (χ3n) is 6.74. The van der Waals surface area contributed by atoms with Crippen molar-refractivity contribution in [1.82, 2.24) is 14.5 Å². The molecule has 37 heavy (non-hydrogen) atoms. The Bertz CT molecular complexity index is 1340. The van der Waals surface area contributed by atoms with Gasteiger partial charge in [-0.15, -0.1) is 0 Å². The molecule has 2 N–H and O–H groups in total. The summed E-state index contributed by atoms with van der Waals surface area (Å²) in [5.74, 6) is -0.113. The predicted octanol–water partition coefficient (Wildman–Crippen LogP) is 2.04. The average Bonchev–Trinajstić information content (AvgIpc) is 3.41. The van der Waals surface area contributed by atoms with Gasteiger partial charge >= 0.3 is 6.03 Å². The molecular formula is C25H28N4O7S. The van der Waals surface area contributed by atoms with Crippen LogP contribution in [0.5, 0.6) is 11.5 Å². The van der Waals surface area contributed by atoms with Crippen molar-refractivity contribution in [3.05, 3.63) is 48.0 Å². The summed E-state index contributed by atoms with van der Waals surface area (Å²) in [6.45, 7) is 3.07.